The summed E-state index contributed by atoms with van der Waals surface area (Å²) in [6.45, 7) is 2.45. The molecule has 0 fully saturated rings. The Bertz CT molecular complexity index is 526. The molecule has 1 unspecified atom stereocenters. The highest BCUT2D eigenvalue weighted by Crippen LogP contribution is 2.20. The van der Waals surface area contributed by atoms with E-state index >= 15 is 0 Å². The van der Waals surface area contributed by atoms with Gasteiger partial charge in [0.25, 0.3) is 0 Å². The molecule has 100 valence electrons. The number of nitrogens with two attached hydrogens (primary N) is 1. The molecule has 1 heterocycles. The lowest BCUT2D eigenvalue weighted by atomic mass is 10.1. The standard InChI is InChI=1S/C15H17BrN2O/c1-11(17)8-12-4-2-3-5-15(12)19-10-14-7-6-13(16)9-18-14/h2-7,9,11H,8,10,17H2,1H3. The Labute approximate surface area is 121 Å². The SMILES string of the molecule is CC(N)Cc1ccccc1OCc1ccc(Br)cn1. The van der Waals surface area contributed by atoms with Crippen LogP contribution in [-0.4, -0.2) is 11.0 Å². The van der Waals surface area contributed by atoms with Crippen LogP contribution in [0.3, 0.4) is 0 Å². The molecule has 2 rings (SSSR count). The summed E-state index contributed by atoms with van der Waals surface area (Å²) in [7, 11) is 0. The summed E-state index contributed by atoms with van der Waals surface area (Å²) < 4.78 is 6.80. The third-order valence-corrected chi connectivity index (χ3v) is 3.15. The zero-order chi connectivity index (χ0) is 13.7. The summed E-state index contributed by atoms with van der Waals surface area (Å²) in [5.41, 5.74) is 7.88. The van der Waals surface area contributed by atoms with E-state index in [0.29, 0.717) is 6.61 Å². The van der Waals surface area contributed by atoms with E-state index in [-0.39, 0.29) is 6.04 Å². The van der Waals surface area contributed by atoms with E-state index in [1.807, 2.05) is 43.3 Å². The Hall–Kier alpha value is -1.39. The minimum Gasteiger partial charge on any atom is -0.487 e. The van der Waals surface area contributed by atoms with Crippen molar-refractivity contribution < 1.29 is 4.74 Å². The summed E-state index contributed by atoms with van der Waals surface area (Å²) in [5, 5.41) is 0. The number of hydrogen-bond donors (Lipinski definition) is 1. The number of aromatic nitrogens is 1. The second-order valence-corrected chi connectivity index (χ2v) is 5.46. The van der Waals surface area contributed by atoms with Gasteiger partial charge in [0.1, 0.15) is 12.4 Å². The Morgan fingerprint density at radius 2 is 2.05 bits per heavy atom. The lowest BCUT2D eigenvalue weighted by Gasteiger charge is -2.12. The maximum Gasteiger partial charge on any atom is 0.130 e. The molecule has 0 saturated carbocycles. The molecule has 0 amide bonds. The molecule has 0 bridgehead atoms. The van der Waals surface area contributed by atoms with E-state index in [9.17, 15) is 0 Å². The summed E-state index contributed by atoms with van der Waals surface area (Å²) >= 11 is 3.36. The van der Waals surface area contributed by atoms with Crippen LogP contribution >= 0.6 is 15.9 Å². The maximum atomic E-state index is 5.84. The van der Waals surface area contributed by atoms with Crippen molar-refractivity contribution in [2.24, 2.45) is 5.73 Å². The summed E-state index contributed by atoms with van der Waals surface area (Å²) in [6.07, 6.45) is 2.58. The fraction of sp³-hybridized carbons (Fsp3) is 0.267. The molecule has 0 aliphatic rings. The average molecular weight is 321 g/mol. The number of pyridine rings is 1. The van der Waals surface area contributed by atoms with Crippen molar-refractivity contribution in [2.75, 3.05) is 0 Å². The van der Waals surface area contributed by atoms with Gasteiger partial charge < -0.3 is 10.5 Å². The molecule has 0 saturated heterocycles. The van der Waals surface area contributed by atoms with E-state index in [2.05, 4.69) is 20.9 Å². The van der Waals surface area contributed by atoms with Gasteiger partial charge in [0.05, 0.1) is 5.69 Å². The third-order valence-electron chi connectivity index (χ3n) is 2.68. The van der Waals surface area contributed by atoms with Gasteiger partial charge in [0.15, 0.2) is 0 Å². The van der Waals surface area contributed by atoms with Gasteiger partial charge in [-0.15, -0.1) is 0 Å². The minimum atomic E-state index is 0.121. The highest BCUT2D eigenvalue weighted by Gasteiger charge is 2.06. The van der Waals surface area contributed by atoms with Crippen molar-refractivity contribution in [3.05, 3.63) is 58.3 Å². The topological polar surface area (TPSA) is 48.1 Å². The first kappa shape index (κ1) is 14.0. The zero-order valence-electron chi connectivity index (χ0n) is 10.8. The monoisotopic (exact) mass is 320 g/mol. The molecule has 2 aromatic rings. The molecule has 1 aromatic carbocycles. The Morgan fingerprint density at radius 1 is 1.26 bits per heavy atom. The number of ether oxygens (including phenoxy) is 1. The minimum absolute atomic E-state index is 0.121. The average Bonchev–Trinajstić information content (AvgIpc) is 2.39. The van der Waals surface area contributed by atoms with Crippen LogP contribution < -0.4 is 10.5 Å². The first-order valence-corrected chi connectivity index (χ1v) is 7.01. The van der Waals surface area contributed by atoms with Crippen molar-refractivity contribution in [3.63, 3.8) is 0 Å². The molecule has 0 aliphatic carbocycles. The predicted octanol–water partition coefficient (Wildman–Crippen LogP) is 3.31. The second-order valence-electron chi connectivity index (χ2n) is 4.55. The van der Waals surface area contributed by atoms with Crippen LogP contribution in [0.25, 0.3) is 0 Å². The van der Waals surface area contributed by atoms with Crippen LogP contribution in [0.15, 0.2) is 47.1 Å². The smallest absolute Gasteiger partial charge is 0.130 e. The van der Waals surface area contributed by atoms with Crippen LogP contribution in [0.2, 0.25) is 0 Å². The van der Waals surface area contributed by atoms with Crippen LogP contribution in [0.4, 0.5) is 0 Å². The molecular formula is C15H17BrN2O. The fourth-order valence-electron chi connectivity index (χ4n) is 1.80. The number of hydrogen-bond acceptors (Lipinski definition) is 3. The van der Waals surface area contributed by atoms with E-state index in [1.54, 1.807) is 6.20 Å². The highest BCUT2D eigenvalue weighted by atomic mass is 79.9. The summed E-state index contributed by atoms with van der Waals surface area (Å²) in [4.78, 5) is 4.29. The first-order chi connectivity index (χ1) is 9.15. The number of nitrogens with zero attached hydrogens (tertiary/aromatic N) is 1. The lowest BCUT2D eigenvalue weighted by Crippen LogP contribution is -2.18. The van der Waals surface area contributed by atoms with E-state index in [0.717, 1.165) is 27.9 Å². The molecule has 0 radical (unpaired) electrons. The predicted molar refractivity (Wildman–Crippen MR) is 80.1 cm³/mol. The Morgan fingerprint density at radius 3 is 2.74 bits per heavy atom. The number of rotatable bonds is 5. The number of benzene rings is 1. The largest absolute Gasteiger partial charge is 0.487 e. The van der Waals surface area contributed by atoms with E-state index in [1.165, 1.54) is 0 Å². The molecule has 1 aromatic heterocycles. The molecule has 0 aliphatic heterocycles. The fourth-order valence-corrected chi connectivity index (χ4v) is 2.04. The number of para-hydroxylation sites is 1. The first-order valence-electron chi connectivity index (χ1n) is 6.22. The normalized spacial score (nSPS) is 12.2. The quantitative estimate of drug-likeness (QED) is 0.919. The molecule has 3 nitrogen and oxygen atoms in total. The van der Waals surface area contributed by atoms with Gasteiger partial charge in [-0.2, -0.15) is 0 Å². The summed E-state index contributed by atoms with van der Waals surface area (Å²) in [5.74, 6) is 0.879. The van der Waals surface area contributed by atoms with Crippen LogP contribution in [-0.2, 0) is 13.0 Å². The molecule has 19 heavy (non-hydrogen) atoms. The van der Waals surface area contributed by atoms with Gasteiger partial charge in [-0.05, 0) is 53.0 Å². The van der Waals surface area contributed by atoms with Crippen LogP contribution in [0.1, 0.15) is 18.2 Å². The van der Waals surface area contributed by atoms with Crippen LogP contribution in [0.5, 0.6) is 5.75 Å². The molecule has 4 heteroatoms. The van der Waals surface area contributed by atoms with Crippen molar-refractivity contribution in [2.45, 2.75) is 26.0 Å². The second kappa shape index (κ2) is 6.68. The van der Waals surface area contributed by atoms with E-state index in [4.69, 9.17) is 10.5 Å². The molecule has 0 spiro atoms. The maximum absolute atomic E-state index is 5.84. The Balaban J connectivity index is 2.04. The van der Waals surface area contributed by atoms with Gasteiger partial charge in [-0.25, -0.2) is 0 Å². The summed E-state index contributed by atoms with van der Waals surface area (Å²) in [6, 6.07) is 12.0. The van der Waals surface area contributed by atoms with E-state index < -0.39 is 0 Å². The highest BCUT2D eigenvalue weighted by molar-refractivity contribution is 9.10. The van der Waals surface area contributed by atoms with Crippen molar-refractivity contribution >= 4 is 15.9 Å². The molecule has 2 N–H and O–H groups in total. The number of halogens is 1. The third kappa shape index (κ3) is 4.33. The lowest BCUT2D eigenvalue weighted by molar-refractivity contribution is 0.297. The van der Waals surface area contributed by atoms with Gasteiger partial charge >= 0.3 is 0 Å². The van der Waals surface area contributed by atoms with Crippen molar-refractivity contribution in [1.29, 1.82) is 0 Å². The zero-order valence-corrected chi connectivity index (χ0v) is 12.4. The van der Waals surface area contributed by atoms with Gasteiger partial charge in [0.2, 0.25) is 0 Å². The van der Waals surface area contributed by atoms with Gasteiger partial charge in [0, 0.05) is 16.7 Å². The van der Waals surface area contributed by atoms with Crippen molar-refractivity contribution in [3.8, 4) is 5.75 Å². The molecule has 1 atom stereocenters. The van der Waals surface area contributed by atoms with Gasteiger partial charge in [-0.1, -0.05) is 18.2 Å². The van der Waals surface area contributed by atoms with Crippen molar-refractivity contribution in [1.82, 2.24) is 4.98 Å². The molecular weight excluding hydrogens is 304 g/mol. The Kier molecular flexibility index (Phi) is 4.93. The van der Waals surface area contributed by atoms with Crippen LogP contribution in [0, 0.1) is 0 Å². The van der Waals surface area contributed by atoms with Gasteiger partial charge in [-0.3, -0.25) is 4.98 Å².